The number of sulfonamides is 2. The van der Waals surface area contributed by atoms with Crippen molar-refractivity contribution >= 4 is 31.6 Å². The first-order valence-corrected chi connectivity index (χ1v) is 12.8. The normalized spacial score (nSPS) is 17.8. The summed E-state index contributed by atoms with van der Waals surface area (Å²) in [6, 6.07) is 7.49. The van der Waals surface area contributed by atoms with Crippen molar-refractivity contribution in [2.75, 3.05) is 36.8 Å². The van der Waals surface area contributed by atoms with E-state index in [-0.39, 0.29) is 35.2 Å². The Morgan fingerprint density at radius 3 is 2.29 bits per heavy atom. The number of pyridine rings is 1. The van der Waals surface area contributed by atoms with Crippen molar-refractivity contribution in [3.63, 3.8) is 0 Å². The number of nitrogen functional groups attached to an aromatic ring is 1. The van der Waals surface area contributed by atoms with Gasteiger partial charge in [0.05, 0.1) is 4.90 Å². The number of halogens is 3. The molecule has 0 unspecified atom stereocenters. The molecule has 3 N–H and O–H groups in total. The predicted octanol–water partition coefficient (Wildman–Crippen LogP) is 1.41. The molecule has 1 fully saturated rings. The average Bonchev–Trinajstić information content (AvgIpc) is 2.78. The van der Waals surface area contributed by atoms with Crippen LogP contribution in [-0.4, -0.2) is 64.5 Å². The van der Waals surface area contributed by atoms with Gasteiger partial charge in [-0.25, -0.2) is 26.5 Å². The Labute approximate surface area is 195 Å². The van der Waals surface area contributed by atoms with Crippen molar-refractivity contribution in [1.29, 1.82) is 0 Å². The number of nitrogens with two attached hydrogens (primary N) is 1. The predicted molar refractivity (Wildman–Crippen MR) is 120 cm³/mol. The maximum absolute atomic E-state index is 13.0. The van der Waals surface area contributed by atoms with E-state index in [0.717, 1.165) is 0 Å². The van der Waals surface area contributed by atoms with Gasteiger partial charge in [-0.1, -0.05) is 5.92 Å². The number of piperazine rings is 1. The molecule has 1 aliphatic rings. The Hall–Kier alpha value is -2.86. The lowest BCUT2D eigenvalue weighted by Gasteiger charge is -2.39. The number of rotatable bonds is 6. The van der Waals surface area contributed by atoms with E-state index in [1.165, 1.54) is 51.6 Å². The molecule has 0 bridgehead atoms. The Balaban J connectivity index is 1.79. The van der Waals surface area contributed by atoms with Crippen LogP contribution in [0.5, 0.6) is 0 Å². The van der Waals surface area contributed by atoms with E-state index in [1.54, 1.807) is 6.92 Å². The van der Waals surface area contributed by atoms with Gasteiger partial charge in [-0.05, 0) is 43.3 Å². The molecule has 1 aliphatic heterocycles. The molecular weight excluding hydrogens is 495 g/mol. The molecule has 1 aromatic heterocycles. The summed E-state index contributed by atoms with van der Waals surface area (Å²) in [7, 11) is -8.18. The molecule has 14 heteroatoms. The molecule has 0 saturated carbocycles. The van der Waals surface area contributed by atoms with E-state index in [9.17, 15) is 30.0 Å². The number of alkyl halides is 3. The van der Waals surface area contributed by atoms with Crippen LogP contribution in [0, 0.1) is 11.8 Å². The first kappa shape index (κ1) is 25.8. The lowest BCUT2D eigenvalue weighted by atomic mass is 10.1. The van der Waals surface area contributed by atoms with Crippen LogP contribution < -0.4 is 15.4 Å². The number of hydrogen-bond acceptors (Lipinski definition) is 7. The molecule has 0 spiro atoms. The second-order valence-electron chi connectivity index (χ2n) is 7.32. The van der Waals surface area contributed by atoms with Crippen LogP contribution in [-0.2, 0) is 20.0 Å². The Kier molecular flexibility index (Phi) is 7.41. The summed E-state index contributed by atoms with van der Waals surface area (Å²) in [4.78, 5) is 5.31. The molecule has 34 heavy (non-hydrogen) atoms. The number of aromatic nitrogens is 1. The molecule has 0 amide bonds. The number of benzene rings is 1. The van der Waals surface area contributed by atoms with Gasteiger partial charge >= 0.3 is 6.18 Å². The third kappa shape index (κ3) is 5.98. The van der Waals surface area contributed by atoms with Crippen LogP contribution in [0.2, 0.25) is 0 Å². The topological polar surface area (TPSA) is 126 Å². The SMILES string of the molecule is CC#C[C@@H]1CN(S(=O)(=O)c2ccc(N)nc2)CCN1c1ccc(S(=O)(=O)NCC(F)(F)F)cc1. The minimum Gasteiger partial charge on any atom is -0.384 e. The molecular formula is C20H22F3N5O4S2. The monoisotopic (exact) mass is 517 g/mol. The highest BCUT2D eigenvalue weighted by Crippen LogP contribution is 2.26. The molecule has 1 saturated heterocycles. The van der Waals surface area contributed by atoms with Crippen molar-refractivity contribution < 1.29 is 30.0 Å². The van der Waals surface area contributed by atoms with Gasteiger partial charge in [0.15, 0.2) is 0 Å². The minimum atomic E-state index is -4.68. The van der Waals surface area contributed by atoms with Crippen LogP contribution in [0.1, 0.15) is 6.92 Å². The highest BCUT2D eigenvalue weighted by molar-refractivity contribution is 7.89. The molecule has 3 rings (SSSR count). The molecule has 184 valence electrons. The van der Waals surface area contributed by atoms with Crippen molar-refractivity contribution in [2.24, 2.45) is 0 Å². The van der Waals surface area contributed by atoms with Crippen LogP contribution in [0.15, 0.2) is 52.4 Å². The summed E-state index contributed by atoms with van der Waals surface area (Å²) in [5.41, 5.74) is 6.08. The Morgan fingerprint density at radius 2 is 1.74 bits per heavy atom. The zero-order valence-electron chi connectivity index (χ0n) is 17.9. The lowest BCUT2D eigenvalue weighted by Crippen LogP contribution is -2.54. The van der Waals surface area contributed by atoms with E-state index >= 15 is 0 Å². The number of nitrogens with zero attached hydrogens (tertiary/aromatic N) is 3. The second kappa shape index (κ2) is 9.79. The van der Waals surface area contributed by atoms with Gasteiger partial charge in [-0.2, -0.15) is 17.5 Å². The van der Waals surface area contributed by atoms with Crippen LogP contribution in [0.4, 0.5) is 24.7 Å². The molecule has 0 aliphatic carbocycles. The van der Waals surface area contributed by atoms with E-state index in [0.29, 0.717) is 5.69 Å². The van der Waals surface area contributed by atoms with Crippen LogP contribution in [0.25, 0.3) is 0 Å². The quantitative estimate of drug-likeness (QED) is 0.555. The van der Waals surface area contributed by atoms with E-state index in [2.05, 4.69) is 16.8 Å². The molecule has 1 aromatic carbocycles. The summed E-state index contributed by atoms with van der Waals surface area (Å²) in [6.07, 6.45) is -3.50. The van der Waals surface area contributed by atoms with Gasteiger partial charge in [0.2, 0.25) is 20.0 Å². The van der Waals surface area contributed by atoms with Gasteiger partial charge in [0.1, 0.15) is 23.3 Å². The van der Waals surface area contributed by atoms with E-state index in [4.69, 9.17) is 5.73 Å². The van der Waals surface area contributed by atoms with Gasteiger partial charge in [-0.3, -0.25) is 0 Å². The first-order valence-electron chi connectivity index (χ1n) is 9.90. The summed E-state index contributed by atoms with van der Waals surface area (Å²) < 4.78 is 90.1. The highest BCUT2D eigenvalue weighted by Gasteiger charge is 2.34. The molecule has 2 heterocycles. The van der Waals surface area contributed by atoms with E-state index < -0.39 is 38.8 Å². The summed E-state index contributed by atoms with van der Waals surface area (Å²) in [5, 5.41) is 0. The molecule has 9 nitrogen and oxygen atoms in total. The summed E-state index contributed by atoms with van der Waals surface area (Å²) in [5.74, 6) is 5.92. The smallest absolute Gasteiger partial charge is 0.384 e. The standard InChI is InChI=1S/C20H22F3N5O4S2/c1-2-3-16-13-27(34(31,32)18-8-9-19(24)25-12-18)10-11-28(16)15-4-6-17(7-5-15)33(29,30)26-14-20(21,22)23/h4-9,12,16,26H,10-11,13-14H2,1H3,(H2,24,25)/t16-/m1/s1. The molecule has 1 atom stereocenters. The highest BCUT2D eigenvalue weighted by atomic mass is 32.2. The second-order valence-corrected chi connectivity index (χ2v) is 11.0. The van der Waals surface area contributed by atoms with Gasteiger partial charge < -0.3 is 10.6 Å². The van der Waals surface area contributed by atoms with E-state index in [1.807, 2.05) is 4.90 Å². The zero-order valence-corrected chi connectivity index (χ0v) is 19.6. The van der Waals surface area contributed by atoms with Crippen LogP contribution in [0.3, 0.4) is 0 Å². The van der Waals surface area contributed by atoms with Gasteiger partial charge in [0, 0.05) is 31.5 Å². The van der Waals surface area contributed by atoms with Gasteiger partial charge in [0.25, 0.3) is 0 Å². The number of nitrogens with one attached hydrogen (secondary N) is 1. The first-order chi connectivity index (χ1) is 15.8. The number of anilines is 2. The largest absolute Gasteiger partial charge is 0.402 e. The van der Waals surface area contributed by atoms with Crippen molar-refractivity contribution in [1.82, 2.24) is 14.0 Å². The van der Waals surface area contributed by atoms with Gasteiger partial charge in [-0.15, -0.1) is 5.92 Å². The Morgan fingerprint density at radius 1 is 1.09 bits per heavy atom. The maximum Gasteiger partial charge on any atom is 0.402 e. The molecule has 2 aromatic rings. The fraction of sp³-hybridized carbons (Fsp3) is 0.350. The fourth-order valence-electron chi connectivity index (χ4n) is 3.35. The van der Waals surface area contributed by atoms with Crippen molar-refractivity contribution in [2.45, 2.75) is 28.9 Å². The summed E-state index contributed by atoms with van der Waals surface area (Å²) >= 11 is 0. The average molecular weight is 518 g/mol. The minimum absolute atomic E-state index is 0.000672. The molecule has 0 radical (unpaired) electrons. The fourth-order valence-corrected chi connectivity index (χ4v) is 5.74. The summed E-state index contributed by atoms with van der Waals surface area (Å²) in [6.45, 7) is 0.352. The Bertz CT molecular complexity index is 1290. The third-order valence-electron chi connectivity index (χ3n) is 4.99. The third-order valence-corrected chi connectivity index (χ3v) is 8.26. The number of hydrogen-bond donors (Lipinski definition) is 2. The maximum atomic E-state index is 13.0. The van der Waals surface area contributed by atoms with Crippen molar-refractivity contribution in [3.05, 3.63) is 42.6 Å². The van der Waals surface area contributed by atoms with Crippen molar-refractivity contribution in [3.8, 4) is 11.8 Å². The lowest BCUT2D eigenvalue weighted by molar-refractivity contribution is -0.121. The zero-order chi connectivity index (χ0) is 25.1. The van der Waals surface area contributed by atoms with Crippen LogP contribution >= 0.6 is 0 Å².